The summed E-state index contributed by atoms with van der Waals surface area (Å²) in [7, 11) is 0. The van der Waals surface area contributed by atoms with Crippen LogP contribution in [0, 0.1) is 6.92 Å². The van der Waals surface area contributed by atoms with Gasteiger partial charge in [-0.05, 0) is 46.6 Å². The predicted molar refractivity (Wildman–Crippen MR) is 78.6 cm³/mol. The molecule has 0 spiro atoms. The van der Waals surface area contributed by atoms with Crippen molar-refractivity contribution in [1.29, 1.82) is 0 Å². The molecule has 1 aromatic carbocycles. The second-order valence-electron chi connectivity index (χ2n) is 3.57. The van der Waals surface area contributed by atoms with E-state index in [1.807, 2.05) is 12.1 Å². The van der Waals surface area contributed by atoms with E-state index in [-0.39, 0.29) is 5.28 Å². The van der Waals surface area contributed by atoms with E-state index in [0.717, 1.165) is 10.2 Å². The second kappa shape index (κ2) is 5.30. The van der Waals surface area contributed by atoms with Crippen LogP contribution < -0.4 is 11.1 Å². The van der Waals surface area contributed by atoms with Crippen LogP contribution in [0.15, 0.2) is 22.7 Å². The number of nitrogens with zero attached hydrogens (tertiary/aromatic N) is 2. The molecule has 1 aromatic heterocycles. The Labute approximate surface area is 123 Å². The van der Waals surface area contributed by atoms with Gasteiger partial charge in [-0.15, -0.1) is 0 Å². The van der Waals surface area contributed by atoms with Crippen molar-refractivity contribution in [2.45, 2.75) is 6.92 Å². The van der Waals surface area contributed by atoms with Crippen LogP contribution in [0.4, 0.5) is 17.2 Å². The van der Waals surface area contributed by atoms with Gasteiger partial charge in [0.2, 0.25) is 5.28 Å². The van der Waals surface area contributed by atoms with E-state index in [9.17, 15) is 0 Å². The topological polar surface area (TPSA) is 63.8 Å². The van der Waals surface area contributed by atoms with E-state index < -0.39 is 0 Å². The van der Waals surface area contributed by atoms with Gasteiger partial charge in [0.15, 0.2) is 5.82 Å². The van der Waals surface area contributed by atoms with E-state index in [1.54, 1.807) is 13.0 Å². The highest BCUT2D eigenvalue weighted by molar-refractivity contribution is 9.10. The molecule has 0 saturated heterocycles. The molecule has 0 radical (unpaired) electrons. The summed E-state index contributed by atoms with van der Waals surface area (Å²) in [6.45, 7) is 1.76. The van der Waals surface area contributed by atoms with Gasteiger partial charge in [-0.3, -0.25) is 0 Å². The molecule has 0 unspecified atom stereocenters. The molecule has 2 rings (SSSR count). The van der Waals surface area contributed by atoms with Crippen molar-refractivity contribution < 1.29 is 0 Å². The van der Waals surface area contributed by atoms with Gasteiger partial charge in [-0.2, -0.15) is 4.98 Å². The number of halogens is 3. The molecule has 0 fully saturated rings. The zero-order chi connectivity index (χ0) is 13.3. The Morgan fingerprint density at radius 3 is 2.72 bits per heavy atom. The van der Waals surface area contributed by atoms with E-state index in [1.165, 1.54) is 0 Å². The average molecular weight is 348 g/mol. The maximum atomic E-state index is 6.01. The van der Waals surface area contributed by atoms with Crippen molar-refractivity contribution in [1.82, 2.24) is 9.97 Å². The van der Waals surface area contributed by atoms with Crippen molar-refractivity contribution in [3.63, 3.8) is 0 Å². The van der Waals surface area contributed by atoms with E-state index in [0.29, 0.717) is 22.2 Å². The summed E-state index contributed by atoms with van der Waals surface area (Å²) in [5.74, 6) is 0.454. The Hall–Kier alpha value is -1.04. The summed E-state index contributed by atoms with van der Waals surface area (Å²) in [4.78, 5) is 8.02. The van der Waals surface area contributed by atoms with Gasteiger partial charge in [-0.1, -0.05) is 17.7 Å². The summed E-state index contributed by atoms with van der Waals surface area (Å²) in [5.41, 5.74) is 7.72. The maximum absolute atomic E-state index is 6.01. The average Bonchev–Trinajstić information content (AvgIpc) is 2.31. The van der Waals surface area contributed by atoms with Gasteiger partial charge < -0.3 is 11.1 Å². The SMILES string of the molecule is Cc1nc(Cl)nc(Nc2cccc(Cl)c2Br)c1N. The van der Waals surface area contributed by atoms with Crippen LogP contribution >= 0.6 is 39.1 Å². The predicted octanol–water partition coefficient (Wildman–Crippen LogP) is 4.18. The van der Waals surface area contributed by atoms with Gasteiger partial charge in [0, 0.05) is 0 Å². The Kier molecular flexibility index (Phi) is 3.94. The quantitative estimate of drug-likeness (QED) is 0.800. The first-order valence-corrected chi connectivity index (χ1v) is 6.54. The van der Waals surface area contributed by atoms with E-state index in [4.69, 9.17) is 28.9 Å². The third-order valence-electron chi connectivity index (χ3n) is 2.31. The third kappa shape index (κ3) is 2.68. The fraction of sp³-hybridized carbons (Fsp3) is 0.0909. The minimum Gasteiger partial charge on any atom is -0.394 e. The fourth-order valence-corrected chi connectivity index (χ4v) is 2.12. The lowest BCUT2D eigenvalue weighted by atomic mass is 10.3. The molecule has 1 heterocycles. The Bertz CT molecular complexity index is 604. The lowest BCUT2D eigenvalue weighted by Gasteiger charge is -2.12. The minimum absolute atomic E-state index is 0.141. The minimum atomic E-state index is 0.141. The number of nitrogens with two attached hydrogens (primary N) is 1. The van der Waals surface area contributed by atoms with Gasteiger partial charge in [-0.25, -0.2) is 4.98 Å². The van der Waals surface area contributed by atoms with Crippen molar-refractivity contribution in [2.75, 3.05) is 11.1 Å². The lowest BCUT2D eigenvalue weighted by Crippen LogP contribution is -2.04. The normalized spacial score (nSPS) is 10.4. The summed E-state index contributed by atoms with van der Waals surface area (Å²) in [6, 6.07) is 5.44. The van der Waals surface area contributed by atoms with Gasteiger partial charge >= 0.3 is 0 Å². The zero-order valence-corrected chi connectivity index (χ0v) is 12.4. The van der Waals surface area contributed by atoms with Crippen LogP contribution in [-0.2, 0) is 0 Å². The van der Waals surface area contributed by atoms with Crippen LogP contribution in [-0.4, -0.2) is 9.97 Å². The molecule has 0 aliphatic rings. The van der Waals surface area contributed by atoms with Crippen LogP contribution in [0.25, 0.3) is 0 Å². The molecule has 7 heteroatoms. The van der Waals surface area contributed by atoms with Gasteiger partial charge in [0.05, 0.1) is 26.6 Å². The maximum Gasteiger partial charge on any atom is 0.224 e. The van der Waals surface area contributed by atoms with Crippen molar-refractivity contribution in [3.8, 4) is 0 Å². The summed E-state index contributed by atoms with van der Waals surface area (Å²) >= 11 is 15.2. The van der Waals surface area contributed by atoms with Crippen molar-refractivity contribution in [2.24, 2.45) is 0 Å². The third-order valence-corrected chi connectivity index (χ3v) is 3.88. The molecule has 0 amide bonds. The molecular weight excluding hydrogens is 339 g/mol. The zero-order valence-electron chi connectivity index (χ0n) is 9.34. The molecule has 18 heavy (non-hydrogen) atoms. The number of nitrogens with one attached hydrogen (secondary N) is 1. The number of anilines is 3. The Balaban J connectivity index is 2.43. The monoisotopic (exact) mass is 346 g/mol. The number of nitrogen functional groups attached to an aromatic ring is 1. The number of hydrogen-bond acceptors (Lipinski definition) is 4. The number of aromatic nitrogens is 2. The number of rotatable bonds is 2. The number of aryl methyl sites for hydroxylation is 1. The molecule has 0 aliphatic carbocycles. The largest absolute Gasteiger partial charge is 0.394 e. The van der Waals surface area contributed by atoms with E-state index >= 15 is 0 Å². The van der Waals surface area contributed by atoms with Crippen LogP contribution in [0.5, 0.6) is 0 Å². The highest BCUT2D eigenvalue weighted by Gasteiger charge is 2.10. The Morgan fingerprint density at radius 1 is 1.28 bits per heavy atom. The Morgan fingerprint density at radius 2 is 2.00 bits per heavy atom. The first-order valence-electron chi connectivity index (χ1n) is 4.99. The highest BCUT2D eigenvalue weighted by atomic mass is 79.9. The lowest BCUT2D eigenvalue weighted by molar-refractivity contribution is 1.11. The molecular formula is C11H9BrCl2N4. The number of benzene rings is 1. The molecule has 4 nitrogen and oxygen atoms in total. The molecule has 94 valence electrons. The van der Waals surface area contributed by atoms with Crippen LogP contribution in [0.1, 0.15) is 5.69 Å². The second-order valence-corrected chi connectivity index (χ2v) is 5.10. The number of hydrogen-bond donors (Lipinski definition) is 2. The van der Waals surface area contributed by atoms with Crippen LogP contribution in [0.3, 0.4) is 0 Å². The molecule has 0 bridgehead atoms. The molecule has 0 saturated carbocycles. The van der Waals surface area contributed by atoms with Gasteiger partial charge in [0.25, 0.3) is 0 Å². The highest BCUT2D eigenvalue weighted by Crippen LogP contribution is 2.33. The molecule has 0 atom stereocenters. The first kappa shape index (κ1) is 13.4. The van der Waals surface area contributed by atoms with Gasteiger partial charge in [0.1, 0.15) is 0 Å². The van der Waals surface area contributed by atoms with Crippen LogP contribution in [0.2, 0.25) is 10.3 Å². The summed E-state index contributed by atoms with van der Waals surface area (Å²) in [5, 5.41) is 3.81. The summed E-state index contributed by atoms with van der Waals surface area (Å²) in [6.07, 6.45) is 0. The standard InChI is InChI=1S/C11H9BrCl2N4/c1-5-9(15)10(18-11(14)16-5)17-7-4-2-3-6(13)8(7)12/h2-4H,15H2,1H3,(H,16,17,18). The summed E-state index contributed by atoms with van der Waals surface area (Å²) < 4.78 is 0.735. The smallest absolute Gasteiger partial charge is 0.224 e. The van der Waals surface area contributed by atoms with E-state index in [2.05, 4.69) is 31.2 Å². The molecule has 2 aromatic rings. The van der Waals surface area contributed by atoms with Crippen molar-refractivity contribution >= 4 is 56.3 Å². The molecule has 3 N–H and O–H groups in total. The van der Waals surface area contributed by atoms with Crippen molar-refractivity contribution in [3.05, 3.63) is 38.7 Å². The first-order chi connectivity index (χ1) is 8.49. The molecule has 0 aliphatic heterocycles. The fourth-order valence-electron chi connectivity index (χ4n) is 1.37.